The predicted octanol–water partition coefficient (Wildman–Crippen LogP) is 2.36. The number of halogens is 2. The molecule has 1 aromatic carbocycles. The van der Waals surface area contributed by atoms with Crippen molar-refractivity contribution in [2.24, 2.45) is 0 Å². The van der Waals surface area contributed by atoms with E-state index in [1.807, 2.05) is 0 Å². The molecule has 1 rings (SSSR count). The lowest BCUT2D eigenvalue weighted by Crippen LogP contribution is -2.38. The first-order valence-corrected chi connectivity index (χ1v) is 6.41. The molecule has 5 heteroatoms. The Balaban J connectivity index is 2.60. The van der Waals surface area contributed by atoms with Crippen molar-refractivity contribution in [1.29, 1.82) is 0 Å². The number of carbonyl (C=O) groups is 1. The van der Waals surface area contributed by atoms with Crippen LogP contribution in [0, 0.1) is 5.82 Å². The maximum Gasteiger partial charge on any atom is 0.251 e. The van der Waals surface area contributed by atoms with Gasteiger partial charge < -0.3 is 10.1 Å². The molecule has 1 N–H and O–H groups in total. The number of nitrogens with one attached hydrogen (secondary N) is 1. The van der Waals surface area contributed by atoms with Crippen LogP contribution in [-0.4, -0.2) is 31.0 Å². The number of ether oxygens (including phenoxy) is 1. The van der Waals surface area contributed by atoms with Gasteiger partial charge in [-0.25, -0.2) is 4.39 Å². The van der Waals surface area contributed by atoms with Crippen molar-refractivity contribution in [1.82, 2.24) is 5.32 Å². The van der Waals surface area contributed by atoms with E-state index in [1.165, 1.54) is 24.3 Å². The highest BCUT2D eigenvalue weighted by Crippen LogP contribution is 2.04. The van der Waals surface area contributed by atoms with Gasteiger partial charge in [0.2, 0.25) is 0 Å². The van der Waals surface area contributed by atoms with Gasteiger partial charge in [0.25, 0.3) is 5.91 Å². The average Bonchev–Trinajstić information content (AvgIpc) is 2.30. The second-order valence-electron chi connectivity index (χ2n) is 3.61. The fourth-order valence-corrected chi connectivity index (χ4v) is 1.95. The second-order valence-corrected chi connectivity index (χ2v) is 4.40. The Morgan fingerprint density at radius 3 is 2.65 bits per heavy atom. The Labute approximate surface area is 108 Å². The van der Waals surface area contributed by atoms with Crippen LogP contribution in [0.4, 0.5) is 4.39 Å². The van der Waals surface area contributed by atoms with E-state index in [2.05, 4.69) is 21.2 Å². The van der Waals surface area contributed by atoms with Crippen molar-refractivity contribution in [2.75, 3.05) is 19.0 Å². The first kappa shape index (κ1) is 14.1. The molecule has 0 radical (unpaired) electrons. The van der Waals surface area contributed by atoms with Gasteiger partial charge in [-0.05, 0) is 30.7 Å². The van der Waals surface area contributed by atoms with Crippen LogP contribution in [0.5, 0.6) is 0 Å². The van der Waals surface area contributed by atoms with Crippen molar-refractivity contribution >= 4 is 21.8 Å². The van der Waals surface area contributed by atoms with Gasteiger partial charge in [0.15, 0.2) is 0 Å². The van der Waals surface area contributed by atoms with Crippen molar-refractivity contribution in [3.05, 3.63) is 35.6 Å². The first-order valence-electron chi connectivity index (χ1n) is 5.28. The molecule has 0 aliphatic carbocycles. The molecule has 0 spiro atoms. The van der Waals surface area contributed by atoms with E-state index in [-0.39, 0.29) is 17.8 Å². The zero-order valence-corrected chi connectivity index (χ0v) is 11.2. The molecule has 94 valence electrons. The third kappa shape index (κ3) is 4.83. The van der Waals surface area contributed by atoms with Crippen molar-refractivity contribution < 1.29 is 13.9 Å². The van der Waals surface area contributed by atoms with E-state index in [4.69, 9.17) is 4.74 Å². The van der Waals surface area contributed by atoms with Crippen molar-refractivity contribution in [2.45, 2.75) is 12.5 Å². The zero-order valence-electron chi connectivity index (χ0n) is 9.58. The van der Waals surface area contributed by atoms with E-state index in [9.17, 15) is 9.18 Å². The summed E-state index contributed by atoms with van der Waals surface area (Å²) in [7, 11) is 1.59. The molecule has 1 amide bonds. The number of rotatable bonds is 6. The molecule has 0 heterocycles. The van der Waals surface area contributed by atoms with Crippen molar-refractivity contribution in [3.63, 3.8) is 0 Å². The molecule has 0 saturated carbocycles. The lowest BCUT2D eigenvalue weighted by molar-refractivity contribution is 0.0895. The lowest BCUT2D eigenvalue weighted by Gasteiger charge is -2.16. The lowest BCUT2D eigenvalue weighted by atomic mass is 10.1. The van der Waals surface area contributed by atoms with Crippen LogP contribution in [0.3, 0.4) is 0 Å². The largest absolute Gasteiger partial charge is 0.383 e. The molecule has 1 unspecified atom stereocenters. The second kappa shape index (κ2) is 7.40. The summed E-state index contributed by atoms with van der Waals surface area (Å²) in [5.41, 5.74) is 0.446. The summed E-state index contributed by atoms with van der Waals surface area (Å²) in [6.45, 7) is 0.457. The Hall–Kier alpha value is -0.940. The summed E-state index contributed by atoms with van der Waals surface area (Å²) < 4.78 is 17.7. The highest BCUT2D eigenvalue weighted by molar-refractivity contribution is 9.09. The van der Waals surface area contributed by atoms with Crippen LogP contribution in [0.15, 0.2) is 24.3 Å². The Kier molecular flexibility index (Phi) is 6.15. The molecule has 0 aromatic heterocycles. The Bertz CT molecular complexity index is 350. The molecular weight excluding hydrogens is 289 g/mol. The van der Waals surface area contributed by atoms with E-state index in [0.29, 0.717) is 12.2 Å². The summed E-state index contributed by atoms with van der Waals surface area (Å²) in [6.07, 6.45) is 0.779. The average molecular weight is 304 g/mol. The monoisotopic (exact) mass is 303 g/mol. The summed E-state index contributed by atoms with van der Waals surface area (Å²) in [5.74, 6) is -0.566. The highest BCUT2D eigenvalue weighted by atomic mass is 79.9. The Morgan fingerprint density at radius 2 is 2.12 bits per heavy atom. The van der Waals surface area contributed by atoms with Crippen LogP contribution in [-0.2, 0) is 4.74 Å². The van der Waals surface area contributed by atoms with Crippen molar-refractivity contribution in [3.8, 4) is 0 Å². The molecule has 0 bridgehead atoms. The van der Waals surface area contributed by atoms with Gasteiger partial charge in [0, 0.05) is 18.0 Å². The van der Waals surface area contributed by atoms with Gasteiger partial charge in [0.1, 0.15) is 5.82 Å². The first-order chi connectivity index (χ1) is 8.17. The number of hydrogen-bond donors (Lipinski definition) is 1. The summed E-state index contributed by atoms with van der Waals surface area (Å²) >= 11 is 3.32. The normalized spacial score (nSPS) is 12.2. The van der Waals surface area contributed by atoms with Crippen LogP contribution < -0.4 is 5.32 Å². The maximum absolute atomic E-state index is 12.7. The fraction of sp³-hybridized carbons (Fsp3) is 0.417. The van der Waals surface area contributed by atoms with Crippen LogP contribution in [0.1, 0.15) is 16.8 Å². The van der Waals surface area contributed by atoms with E-state index in [1.54, 1.807) is 7.11 Å². The standard InChI is InChI=1S/C12H15BrFNO2/c1-17-8-11(6-7-13)15-12(16)9-2-4-10(14)5-3-9/h2-5,11H,6-8H2,1H3,(H,15,16). The molecule has 0 fully saturated rings. The number of hydrogen-bond acceptors (Lipinski definition) is 2. The number of alkyl halides is 1. The molecule has 1 atom stereocenters. The van der Waals surface area contributed by atoms with E-state index >= 15 is 0 Å². The summed E-state index contributed by atoms with van der Waals surface area (Å²) in [4.78, 5) is 11.8. The fourth-order valence-electron chi connectivity index (χ4n) is 1.40. The Morgan fingerprint density at radius 1 is 1.47 bits per heavy atom. The SMILES string of the molecule is COCC(CCBr)NC(=O)c1ccc(F)cc1. The molecule has 0 aliphatic heterocycles. The number of carbonyl (C=O) groups excluding carboxylic acids is 1. The zero-order chi connectivity index (χ0) is 12.7. The van der Waals surface area contributed by atoms with Gasteiger partial charge in [-0.3, -0.25) is 4.79 Å². The highest BCUT2D eigenvalue weighted by Gasteiger charge is 2.12. The van der Waals surface area contributed by atoms with Gasteiger partial charge in [-0.1, -0.05) is 15.9 Å². The minimum Gasteiger partial charge on any atom is -0.383 e. The van der Waals surface area contributed by atoms with E-state index in [0.717, 1.165) is 11.8 Å². The molecule has 0 saturated heterocycles. The van der Waals surface area contributed by atoms with Crippen LogP contribution in [0.25, 0.3) is 0 Å². The maximum atomic E-state index is 12.7. The molecule has 0 aliphatic rings. The predicted molar refractivity (Wildman–Crippen MR) is 67.9 cm³/mol. The molecule has 1 aromatic rings. The minimum atomic E-state index is -0.351. The quantitative estimate of drug-likeness (QED) is 0.819. The summed E-state index contributed by atoms with van der Waals surface area (Å²) in [6, 6.07) is 5.41. The van der Waals surface area contributed by atoms with Gasteiger partial charge in [-0.2, -0.15) is 0 Å². The third-order valence-electron chi connectivity index (χ3n) is 2.27. The van der Waals surface area contributed by atoms with Gasteiger partial charge in [0.05, 0.1) is 12.6 Å². The molecule has 3 nitrogen and oxygen atoms in total. The number of methoxy groups -OCH3 is 1. The van der Waals surface area contributed by atoms with Gasteiger partial charge in [-0.15, -0.1) is 0 Å². The van der Waals surface area contributed by atoms with Gasteiger partial charge >= 0.3 is 0 Å². The molecule has 17 heavy (non-hydrogen) atoms. The minimum absolute atomic E-state index is 0.0445. The topological polar surface area (TPSA) is 38.3 Å². The van der Waals surface area contributed by atoms with Crippen LogP contribution >= 0.6 is 15.9 Å². The summed E-state index contributed by atoms with van der Waals surface area (Å²) in [5, 5.41) is 3.62. The van der Waals surface area contributed by atoms with E-state index < -0.39 is 0 Å². The number of benzene rings is 1. The number of amides is 1. The van der Waals surface area contributed by atoms with Crippen LogP contribution in [0.2, 0.25) is 0 Å². The smallest absolute Gasteiger partial charge is 0.251 e. The molecular formula is C12H15BrFNO2. The third-order valence-corrected chi connectivity index (χ3v) is 2.72.